The van der Waals surface area contributed by atoms with Crippen LogP contribution in [0, 0.1) is 10.1 Å². The molecule has 1 aromatic rings. The Hall–Kier alpha value is -2.00. The average Bonchev–Trinajstić information content (AvgIpc) is 2.27. The number of rotatable bonds is 4. The molecule has 0 aliphatic carbocycles. The lowest BCUT2D eigenvalue weighted by atomic mass is 10.2. The highest BCUT2D eigenvalue weighted by molar-refractivity contribution is 7.86. The molecule has 8 nitrogen and oxygen atoms in total. The smallest absolute Gasteiger partial charge is 0.295 e. The van der Waals surface area contributed by atoms with Crippen molar-refractivity contribution in [3.05, 3.63) is 33.9 Å². The minimum absolute atomic E-state index is 0.251. The molecule has 0 unspecified atom stereocenters. The molecule has 0 heterocycles. The summed E-state index contributed by atoms with van der Waals surface area (Å²) in [4.78, 5) is 20.4. The first-order valence-electron chi connectivity index (χ1n) is 4.81. The Morgan fingerprint density at radius 2 is 2.11 bits per heavy atom. The van der Waals surface area contributed by atoms with Gasteiger partial charge in [-0.3, -0.25) is 19.5 Å². The third-order valence-electron chi connectivity index (χ3n) is 2.04. The van der Waals surface area contributed by atoms with Gasteiger partial charge in [0.2, 0.25) is 0 Å². The number of carbonyl (C=O) groups excluding carboxylic acids is 1. The molecule has 0 saturated carbocycles. The Kier molecular flexibility index (Phi) is 3.99. The minimum Gasteiger partial charge on any atom is -0.352 e. The van der Waals surface area contributed by atoms with Crippen LogP contribution in [-0.4, -0.2) is 30.3 Å². The summed E-state index contributed by atoms with van der Waals surface area (Å²) in [7, 11) is -4.72. The monoisotopic (exact) mass is 274 g/mol. The number of amides is 1. The Balaban J connectivity index is 3.44. The molecule has 9 heteroatoms. The maximum absolute atomic E-state index is 11.5. The summed E-state index contributed by atoms with van der Waals surface area (Å²) < 4.78 is 31.1. The third-order valence-corrected chi connectivity index (χ3v) is 2.93. The van der Waals surface area contributed by atoms with E-state index in [-0.39, 0.29) is 12.1 Å². The van der Waals surface area contributed by atoms with Crippen LogP contribution in [0.1, 0.15) is 17.3 Å². The van der Waals surface area contributed by atoms with E-state index < -0.39 is 31.5 Å². The molecule has 0 aliphatic heterocycles. The Labute approximate surface area is 103 Å². The summed E-state index contributed by atoms with van der Waals surface area (Å²) in [6, 6.07) is 2.60. The lowest BCUT2D eigenvalue weighted by Crippen LogP contribution is -2.24. The van der Waals surface area contributed by atoms with Gasteiger partial charge >= 0.3 is 0 Å². The molecule has 0 bridgehead atoms. The number of benzene rings is 1. The molecule has 1 aromatic carbocycles. The number of nitrogens with one attached hydrogen (secondary N) is 1. The maximum atomic E-state index is 11.5. The number of hydrogen-bond acceptors (Lipinski definition) is 5. The molecule has 0 aromatic heterocycles. The van der Waals surface area contributed by atoms with Gasteiger partial charge in [0.1, 0.15) is 4.90 Å². The Morgan fingerprint density at radius 3 is 2.56 bits per heavy atom. The normalized spacial score (nSPS) is 11.0. The quantitative estimate of drug-likeness (QED) is 0.470. The van der Waals surface area contributed by atoms with Gasteiger partial charge in [0.05, 0.1) is 10.5 Å². The van der Waals surface area contributed by atoms with Crippen LogP contribution in [0.2, 0.25) is 0 Å². The van der Waals surface area contributed by atoms with Crippen molar-refractivity contribution in [1.82, 2.24) is 5.32 Å². The fraction of sp³-hybridized carbons (Fsp3) is 0.222. The maximum Gasteiger partial charge on any atom is 0.295 e. The molecule has 18 heavy (non-hydrogen) atoms. The fourth-order valence-corrected chi connectivity index (χ4v) is 1.99. The van der Waals surface area contributed by atoms with Crippen LogP contribution >= 0.6 is 0 Å². The zero-order valence-corrected chi connectivity index (χ0v) is 10.1. The molecular weight excluding hydrogens is 264 g/mol. The van der Waals surface area contributed by atoms with E-state index in [4.69, 9.17) is 4.55 Å². The molecule has 0 radical (unpaired) electrons. The predicted molar refractivity (Wildman–Crippen MR) is 60.9 cm³/mol. The number of nitro groups is 1. The van der Waals surface area contributed by atoms with Crippen molar-refractivity contribution in [2.24, 2.45) is 0 Å². The van der Waals surface area contributed by atoms with Gasteiger partial charge < -0.3 is 5.32 Å². The number of hydrogen-bond donors (Lipinski definition) is 2. The van der Waals surface area contributed by atoms with E-state index >= 15 is 0 Å². The Morgan fingerprint density at radius 1 is 1.50 bits per heavy atom. The van der Waals surface area contributed by atoms with Crippen molar-refractivity contribution < 1.29 is 22.7 Å². The van der Waals surface area contributed by atoms with Gasteiger partial charge in [0.25, 0.3) is 21.7 Å². The highest BCUT2D eigenvalue weighted by Gasteiger charge is 2.23. The van der Waals surface area contributed by atoms with E-state index in [1.807, 2.05) is 0 Å². The average molecular weight is 274 g/mol. The first-order valence-corrected chi connectivity index (χ1v) is 6.25. The van der Waals surface area contributed by atoms with Crippen molar-refractivity contribution in [1.29, 1.82) is 0 Å². The van der Waals surface area contributed by atoms with E-state index in [9.17, 15) is 23.3 Å². The molecule has 0 spiro atoms. The van der Waals surface area contributed by atoms with Crippen LogP contribution in [0.15, 0.2) is 23.1 Å². The topological polar surface area (TPSA) is 127 Å². The lowest BCUT2D eigenvalue weighted by Gasteiger charge is -2.06. The predicted octanol–water partition coefficient (Wildman–Crippen LogP) is 0.591. The summed E-state index contributed by atoms with van der Waals surface area (Å²) in [5.41, 5.74) is -0.874. The first kappa shape index (κ1) is 14.1. The third kappa shape index (κ3) is 3.02. The first-order chi connectivity index (χ1) is 8.27. The van der Waals surface area contributed by atoms with Gasteiger partial charge in [-0.2, -0.15) is 8.42 Å². The van der Waals surface area contributed by atoms with E-state index in [0.29, 0.717) is 6.07 Å². The summed E-state index contributed by atoms with van der Waals surface area (Å²) >= 11 is 0. The van der Waals surface area contributed by atoms with Gasteiger partial charge in [-0.1, -0.05) is 0 Å². The zero-order chi connectivity index (χ0) is 13.9. The highest BCUT2D eigenvalue weighted by Crippen LogP contribution is 2.22. The second-order valence-corrected chi connectivity index (χ2v) is 4.66. The molecule has 0 saturated heterocycles. The number of nitro benzene ring substituents is 1. The molecule has 1 amide bonds. The second-order valence-electron chi connectivity index (χ2n) is 3.27. The highest BCUT2D eigenvalue weighted by atomic mass is 32.2. The van der Waals surface area contributed by atoms with Crippen LogP contribution in [-0.2, 0) is 10.1 Å². The lowest BCUT2D eigenvalue weighted by molar-refractivity contribution is -0.385. The number of carbonyl (C=O) groups is 1. The summed E-state index contributed by atoms with van der Waals surface area (Å²) in [5, 5.41) is 12.9. The molecule has 0 aliphatic rings. The van der Waals surface area contributed by atoms with E-state index in [1.165, 1.54) is 0 Å². The molecule has 2 N–H and O–H groups in total. The standard InChI is InChI=1S/C9H10N2O6S/c1-2-10-9(12)7-4-3-6(11(13)14)5-8(7)18(15,16)17/h3-5H,2H2,1H3,(H,10,12)(H,15,16,17). The molecule has 98 valence electrons. The van der Waals surface area contributed by atoms with E-state index in [1.54, 1.807) is 6.92 Å². The number of nitrogens with zero attached hydrogens (tertiary/aromatic N) is 1. The fourth-order valence-electron chi connectivity index (χ4n) is 1.28. The van der Waals surface area contributed by atoms with Crippen molar-refractivity contribution in [2.75, 3.05) is 6.54 Å². The second kappa shape index (κ2) is 5.10. The van der Waals surface area contributed by atoms with E-state index in [0.717, 1.165) is 12.1 Å². The van der Waals surface area contributed by atoms with Crippen LogP contribution in [0.25, 0.3) is 0 Å². The van der Waals surface area contributed by atoms with Crippen LogP contribution in [0.4, 0.5) is 5.69 Å². The van der Waals surface area contributed by atoms with Crippen molar-refractivity contribution in [2.45, 2.75) is 11.8 Å². The van der Waals surface area contributed by atoms with Gasteiger partial charge in [-0.05, 0) is 13.0 Å². The Bertz CT molecular complexity index is 595. The minimum atomic E-state index is -4.72. The van der Waals surface area contributed by atoms with Crippen molar-refractivity contribution in [3.8, 4) is 0 Å². The number of non-ortho nitro benzene ring substituents is 1. The van der Waals surface area contributed by atoms with Gasteiger partial charge in [-0.25, -0.2) is 0 Å². The van der Waals surface area contributed by atoms with Crippen molar-refractivity contribution in [3.63, 3.8) is 0 Å². The van der Waals surface area contributed by atoms with Gasteiger partial charge in [0.15, 0.2) is 0 Å². The molecule has 0 fully saturated rings. The summed E-state index contributed by atoms with van der Waals surface area (Å²) in [6.45, 7) is 1.87. The summed E-state index contributed by atoms with van der Waals surface area (Å²) in [5.74, 6) is -0.736. The van der Waals surface area contributed by atoms with Gasteiger partial charge in [-0.15, -0.1) is 0 Å². The molecule has 0 atom stereocenters. The zero-order valence-electron chi connectivity index (χ0n) is 9.28. The largest absolute Gasteiger partial charge is 0.352 e. The summed E-state index contributed by atoms with van der Waals surface area (Å²) in [6.07, 6.45) is 0. The van der Waals surface area contributed by atoms with Crippen LogP contribution in [0.5, 0.6) is 0 Å². The molecule has 1 rings (SSSR count). The van der Waals surface area contributed by atoms with Crippen molar-refractivity contribution >= 4 is 21.7 Å². The van der Waals surface area contributed by atoms with Crippen LogP contribution in [0.3, 0.4) is 0 Å². The van der Waals surface area contributed by atoms with Crippen LogP contribution < -0.4 is 5.32 Å². The van der Waals surface area contributed by atoms with Gasteiger partial charge in [0, 0.05) is 18.7 Å². The SMILES string of the molecule is CCNC(=O)c1ccc([N+](=O)[O-])cc1S(=O)(=O)O. The van der Waals surface area contributed by atoms with E-state index in [2.05, 4.69) is 5.32 Å². The molecular formula is C9H10N2O6S.